The lowest BCUT2D eigenvalue weighted by Crippen LogP contribution is -2.39. The molecule has 1 amide bonds. The summed E-state index contributed by atoms with van der Waals surface area (Å²) in [5.74, 6) is 0.169. The van der Waals surface area contributed by atoms with Gasteiger partial charge >= 0.3 is 0 Å². The monoisotopic (exact) mass is 360 g/mol. The first-order valence-corrected chi connectivity index (χ1v) is 7.41. The number of thiocarbonyl (C=S) groups is 1. The van der Waals surface area contributed by atoms with Crippen molar-refractivity contribution in [1.29, 1.82) is 0 Å². The number of aliphatic hydroxyl groups is 1. The van der Waals surface area contributed by atoms with Crippen LogP contribution in [-0.4, -0.2) is 35.9 Å². The second kappa shape index (κ2) is 8.89. The van der Waals surface area contributed by atoms with E-state index >= 15 is 0 Å². The van der Waals surface area contributed by atoms with Crippen LogP contribution >= 0.6 is 28.1 Å². The number of carbonyl (C=O) groups excluding carboxylic acids is 1. The average Bonchev–Trinajstić information content (AvgIpc) is 2.41. The van der Waals surface area contributed by atoms with Crippen molar-refractivity contribution in [3.63, 3.8) is 0 Å². The minimum Gasteiger partial charge on any atom is -0.493 e. The van der Waals surface area contributed by atoms with Gasteiger partial charge in [-0.05, 0) is 43.8 Å². The number of benzene rings is 1. The zero-order valence-electron chi connectivity index (χ0n) is 11.1. The van der Waals surface area contributed by atoms with Crippen molar-refractivity contribution in [3.8, 4) is 5.75 Å². The van der Waals surface area contributed by atoms with Gasteiger partial charge in [-0.15, -0.1) is 0 Å². The lowest BCUT2D eigenvalue weighted by atomic mass is 10.2. The van der Waals surface area contributed by atoms with Gasteiger partial charge in [-0.1, -0.05) is 15.9 Å². The Kier molecular flexibility index (Phi) is 7.50. The highest BCUT2D eigenvalue weighted by atomic mass is 79.9. The Hall–Kier alpha value is -1.18. The first kappa shape index (κ1) is 16.9. The van der Waals surface area contributed by atoms with Crippen LogP contribution in [0.25, 0.3) is 0 Å². The van der Waals surface area contributed by atoms with Crippen molar-refractivity contribution in [2.75, 3.05) is 19.8 Å². The van der Waals surface area contributed by atoms with E-state index in [1.165, 1.54) is 0 Å². The fraction of sp³-hybridized carbons (Fsp3) is 0.385. The number of nitrogens with one attached hydrogen (secondary N) is 2. The number of hydrogen-bond donors (Lipinski definition) is 3. The molecule has 3 N–H and O–H groups in total. The molecular weight excluding hydrogens is 344 g/mol. The maximum absolute atomic E-state index is 12.1. The minimum atomic E-state index is -0.337. The summed E-state index contributed by atoms with van der Waals surface area (Å²) in [4.78, 5) is 12.1. The first-order chi connectivity index (χ1) is 9.58. The second-order valence-corrected chi connectivity index (χ2v) is 5.18. The lowest BCUT2D eigenvalue weighted by molar-refractivity contribution is 0.0973. The van der Waals surface area contributed by atoms with Crippen LogP contribution in [0, 0.1) is 0 Å². The molecule has 0 aromatic heterocycles. The highest BCUT2D eigenvalue weighted by Crippen LogP contribution is 2.23. The summed E-state index contributed by atoms with van der Waals surface area (Å²) in [6.07, 6.45) is 0.567. The number of ether oxygens (including phenoxy) is 1. The van der Waals surface area contributed by atoms with E-state index in [9.17, 15) is 4.79 Å². The summed E-state index contributed by atoms with van der Waals surface area (Å²) in [5, 5.41) is 14.3. The van der Waals surface area contributed by atoms with E-state index in [1.54, 1.807) is 18.2 Å². The van der Waals surface area contributed by atoms with Crippen LogP contribution in [0.15, 0.2) is 22.7 Å². The number of carbonyl (C=O) groups is 1. The molecule has 20 heavy (non-hydrogen) atoms. The summed E-state index contributed by atoms with van der Waals surface area (Å²) in [6.45, 7) is 2.90. The van der Waals surface area contributed by atoms with Gasteiger partial charge in [-0.2, -0.15) is 0 Å². The van der Waals surface area contributed by atoms with Gasteiger partial charge in [-0.25, -0.2) is 0 Å². The predicted molar refractivity (Wildman–Crippen MR) is 85.1 cm³/mol. The Balaban J connectivity index is 2.71. The molecule has 0 atom stereocenters. The van der Waals surface area contributed by atoms with Gasteiger partial charge in [0.25, 0.3) is 5.91 Å². The molecule has 0 bridgehead atoms. The van der Waals surface area contributed by atoms with Crippen LogP contribution < -0.4 is 15.4 Å². The van der Waals surface area contributed by atoms with E-state index in [-0.39, 0.29) is 17.6 Å². The molecule has 110 valence electrons. The molecule has 1 aromatic rings. The van der Waals surface area contributed by atoms with Gasteiger partial charge in [0, 0.05) is 17.6 Å². The Bertz CT molecular complexity index is 483. The van der Waals surface area contributed by atoms with Crippen molar-refractivity contribution >= 4 is 39.2 Å². The van der Waals surface area contributed by atoms with Crippen LogP contribution in [0.5, 0.6) is 5.75 Å². The molecule has 1 rings (SSSR count). The molecule has 0 saturated heterocycles. The molecule has 1 aromatic carbocycles. The Morgan fingerprint density at radius 2 is 2.25 bits per heavy atom. The zero-order valence-corrected chi connectivity index (χ0v) is 13.5. The third-order valence-corrected chi connectivity index (χ3v) is 3.07. The number of halogens is 1. The zero-order chi connectivity index (χ0) is 15.0. The van der Waals surface area contributed by atoms with Gasteiger partial charge in [-0.3, -0.25) is 10.1 Å². The number of rotatable bonds is 6. The fourth-order valence-electron chi connectivity index (χ4n) is 1.46. The molecule has 0 heterocycles. The van der Waals surface area contributed by atoms with E-state index < -0.39 is 0 Å². The van der Waals surface area contributed by atoms with E-state index in [2.05, 4.69) is 26.6 Å². The third kappa shape index (κ3) is 5.44. The molecule has 0 saturated carbocycles. The van der Waals surface area contributed by atoms with Crippen LogP contribution in [0.4, 0.5) is 0 Å². The van der Waals surface area contributed by atoms with Gasteiger partial charge in [0.05, 0.1) is 12.2 Å². The maximum atomic E-state index is 12.1. The SMILES string of the molecule is CCOc1ccc(Br)cc1C(=O)NC(=S)NCCCO. The normalized spacial score (nSPS) is 9.95. The van der Waals surface area contributed by atoms with Crippen molar-refractivity contribution < 1.29 is 14.6 Å². The van der Waals surface area contributed by atoms with Gasteiger partial charge < -0.3 is 15.2 Å². The Morgan fingerprint density at radius 3 is 2.90 bits per heavy atom. The van der Waals surface area contributed by atoms with Crippen molar-refractivity contribution in [1.82, 2.24) is 10.6 Å². The van der Waals surface area contributed by atoms with Crippen molar-refractivity contribution in [2.45, 2.75) is 13.3 Å². The summed E-state index contributed by atoms with van der Waals surface area (Å²) in [5.41, 5.74) is 0.410. The van der Waals surface area contributed by atoms with Crippen molar-refractivity contribution in [2.24, 2.45) is 0 Å². The van der Waals surface area contributed by atoms with Gasteiger partial charge in [0.2, 0.25) is 0 Å². The molecule has 0 radical (unpaired) electrons. The van der Waals surface area contributed by atoms with Crippen LogP contribution in [0.3, 0.4) is 0 Å². The van der Waals surface area contributed by atoms with Gasteiger partial charge in [0.15, 0.2) is 5.11 Å². The van der Waals surface area contributed by atoms with Crippen molar-refractivity contribution in [3.05, 3.63) is 28.2 Å². The molecule has 0 fully saturated rings. The fourth-order valence-corrected chi connectivity index (χ4v) is 2.01. The van der Waals surface area contributed by atoms with Crippen LogP contribution in [0.1, 0.15) is 23.7 Å². The molecule has 0 aliphatic carbocycles. The highest BCUT2D eigenvalue weighted by Gasteiger charge is 2.14. The standard InChI is InChI=1S/C13H17BrN2O3S/c1-2-19-11-5-4-9(14)8-10(11)12(18)16-13(20)15-6-3-7-17/h4-5,8,17H,2-3,6-7H2,1H3,(H2,15,16,18,20). The number of aliphatic hydroxyl groups excluding tert-OH is 1. The molecule has 7 heteroatoms. The number of hydrogen-bond acceptors (Lipinski definition) is 4. The molecule has 0 spiro atoms. The Labute approximate surface area is 131 Å². The first-order valence-electron chi connectivity index (χ1n) is 6.20. The summed E-state index contributed by atoms with van der Waals surface area (Å²) in [6, 6.07) is 5.21. The molecule has 0 aliphatic rings. The van der Waals surface area contributed by atoms with E-state index in [0.717, 1.165) is 4.47 Å². The van der Waals surface area contributed by atoms with Crippen LogP contribution in [-0.2, 0) is 0 Å². The highest BCUT2D eigenvalue weighted by molar-refractivity contribution is 9.10. The lowest BCUT2D eigenvalue weighted by Gasteiger charge is -2.12. The topological polar surface area (TPSA) is 70.6 Å². The summed E-state index contributed by atoms with van der Waals surface area (Å²) >= 11 is 8.33. The predicted octanol–water partition coefficient (Wildman–Crippen LogP) is 1.83. The van der Waals surface area contributed by atoms with Gasteiger partial charge in [0.1, 0.15) is 5.75 Å². The quantitative estimate of drug-likeness (QED) is 0.533. The molecular formula is C13H17BrN2O3S. The smallest absolute Gasteiger partial charge is 0.261 e. The van der Waals surface area contributed by atoms with E-state index in [4.69, 9.17) is 22.1 Å². The number of amides is 1. The summed E-state index contributed by atoms with van der Waals surface area (Å²) < 4.78 is 6.20. The van der Waals surface area contributed by atoms with E-state index in [1.807, 2.05) is 6.92 Å². The third-order valence-electron chi connectivity index (χ3n) is 2.33. The Morgan fingerprint density at radius 1 is 1.50 bits per heavy atom. The van der Waals surface area contributed by atoms with Crippen LogP contribution in [0.2, 0.25) is 0 Å². The molecule has 5 nitrogen and oxygen atoms in total. The largest absolute Gasteiger partial charge is 0.493 e. The second-order valence-electron chi connectivity index (χ2n) is 3.86. The molecule has 0 unspecified atom stereocenters. The minimum absolute atomic E-state index is 0.0731. The maximum Gasteiger partial charge on any atom is 0.261 e. The summed E-state index contributed by atoms with van der Waals surface area (Å²) in [7, 11) is 0. The van der Waals surface area contributed by atoms with E-state index in [0.29, 0.717) is 30.9 Å². The average molecular weight is 361 g/mol. The molecule has 0 aliphatic heterocycles.